The Morgan fingerprint density at radius 1 is 0.864 bits per heavy atom. The lowest BCUT2D eigenvalue weighted by Crippen LogP contribution is -2.63. The monoisotopic (exact) mass is 620 g/mol. The van der Waals surface area contributed by atoms with Crippen molar-refractivity contribution in [3.8, 4) is 0 Å². The quantitative estimate of drug-likeness (QED) is 0.299. The summed E-state index contributed by atoms with van der Waals surface area (Å²) < 4.78 is 18.7. The minimum absolute atomic E-state index is 0.0455. The lowest BCUT2D eigenvalue weighted by Gasteiger charge is -2.63. The van der Waals surface area contributed by atoms with E-state index in [0.29, 0.717) is 31.1 Å². The highest BCUT2D eigenvalue weighted by Gasteiger charge is 2.85. The third-order valence-corrected chi connectivity index (χ3v) is 15.3. The molecule has 0 unspecified atom stereocenters. The van der Waals surface area contributed by atoms with E-state index in [-0.39, 0.29) is 52.2 Å². The summed E-state index contributed by atoms with van der Waals surface area (Å²) in [6.45, 7) is 14.5. The molecule has 0 aromatic rings. The number of rotatable bonds is 4. The summed E-state index contributed by atoms with van der Waals surface area (Å²) in [7, 11) is 0. The molecule has 0 bridgehead atoms. The van der Waals surface area contributed by atoms with Crippen molar-refractivity contribution in [3.05, 3.63) is 0 Å². The Labute approximate surface area is 262 Å². The van der Waals surface area contributed by atoms with Crippen LogP contribution in [0.25, 0.3) is 0 Å². The highest BCUT2D eigenvalue weighted by Crippen LogP contribution is 2.88. The summed E-state index contributed by atoms with van der Waals surface area (Å²) in [6, 6.07) is 0. The first-order chi connectivity index (χ1) is 20.3. The Balaban J connectivity index is 1.16. The SMILES string of the molecule is CC(C)(O)[C@@H]1CC[C@](C)([C@H]2[C@@H](O)C[C@@]3(C)[C@@H]4CC[C@H]5C(C)(C)[C@@H](O[C@@H]6OC[C@@H](O)[C@H](O)[C@H]6O)CC[C@]56C[C@]46CC(=O)[C@]23C)O1. The number of Topliss-reactive ketones (excluding diaryl/α,β-unsaturated/α-hetero) is 1. The van der Waals surface area contributed by atoms with Crippen molar-refractivity contribution in [2.45, 2.75) is 160 Å². The van der Waals surface area contributed by atoms with E-state index in [1.165, 1.54) is 0 Å². The van der Waals surface area contributed by atoms with Gasteiger partial charge in [0.15, 0.2) is 6.29 Å². The highest BCUT2D eigenvalue weighted by atomic mass is 16.7. The first kappa shape index (κ1) is 31.9. The number of aliphatic hydroxyl groups excluding tert-OH is 4. The summed E-state index contributed by atoms with van der Waals surface area (Å²) in [4.78, 5) is 14.7. The van der Waals surface area contributed by atoms with Crippen molar-refractivity contribution in [1.82, 2.24) is 0 Å². The van der Waals surface area contributed by atoms with Crippen LogP contribution in [0.15, 0.2) is 0 Å². The molecule has 15 atom stereocenters. The molecule has 2 spiro atoms. The van der Waals surface area contributed by atoms with Crippen molar-refractivity contribution in [1.29, 1.82) is 0 Å². The van der Waals surface area contributed by atoms with E-state index in [9.17, 15) is 30.3 Å². The molecule has 7 aliphatic rings. The number of ketones is 1. The van der Waals surface area contributed by atoms with E-state index in [2.05, 4.69) is 34.6 Å². The fourth-order valence-electron chi connectivity index (χ4n) is 13.1. The maximum absolute atomic E-state index is 14.7. The molecule has 0 radical (unpaired) electrons. The molecule has 5 saturated carbocycles. The molecule has 9 nitrogen and oxygen atoms in total. The fraction of sp³-hybridized carbons (Fsp3) is 0.971. The van der Waals surface area contributed by atoms with Gasteiger partial charge in [0.05, 0.1) is 36.1 Å². The lowest BCUT2D eigenvalue weighted by molar-refractivity contribution is -0.302. The second-order valence-electron chi connectivity index (χ2n) is 18.0. The van der Waals surface area contributed by atoms with Gasteiger partial charge in [-0.3, -0.25) is 4.79 Å². The van der Waals surface area contributed by atoms with Crippen LogP contribution in [-0.2, 0) is 19.0 Å². The molecular weight excluding hydrogens is 564 g/mol. The third kappa shape index (κ3) is 3.84. The van der Waals surface area contributed by atoms with Gasteiger partial charge in [0.2, 0.25) is 0 Å². The minimum atomic E-state index is -1.31. The van der Waals surface area contributed by atoms with Crippen LogP contribution in [0.2, 0.25) is 0 Å². The molecule has 250 valence electrons. The predicted molar refractivity (Wildman–Crippen MR) is 160 cm³/mol. The minimum Gasteiger partial charge on any atom is -0.393 e. The van der Waals surface area contributed by atoms with Gasteiger partial charge in [-0.15, -0.1) is 0 Å². The second-order valence-corrected chi connectivity index (χ2v) is 18.0. The van der Waals surface area contributed by atoms with Gasteiger partial charge in [-0.05, 0) is 106 Å². The molecule has 2 aliphatic heterocycles. The molecule has 0 amide bonds. The van der Waals surface area contributed by atoms with Gasteiger partial charge in [0.25, 0.3) is 0 Å². The van der Waals surface area contributed by atoms with Gasteiger partial charge < -0.3 is 39.7 Å². The van der Waals surface area contributed by atoms with E-state index in [4.69, 9.17) is 14.2 Å². The Morgan fingerprint density at radius 3 is 2.20 bits per heavy atom. The van der Waals surface area contributed by atoms with Crippen LogP contribution >= 0.6 is 0 Å². The van der Waals surface area contributed by atoms with E-state index in [0.717, 1.165) is 38.5 Å². The molecule has 7 fully saturated rings. The number of carbonyl (C=O) groups excluding carboxylic acids is 1. The third-order valence-electron chi connectivity index (χ3n) is 15.3. The van der Waals surface area contributed by atoms with Crippen LogP contribution in [0, 0.1) is 44.8 Å². The van der Waals surface area contributed by atoms with Crippen LogP contribution in [0.3, 0.4) is 0 Å². The van der Waals surface area contributed by atoms with Crippen LogP contribution in [0.5, 0.6) is 0 Å². The summed E-state index contributed by atoms with van der Waals surface area (Å²) in [5.41, 5.74) is -3.00. The van der Waals surface area contributed by atoms with Gasteiger partial charge in [-0.1, -0.05) is 27.7 Å². The molecule has 2 heterocycles. The largest absolute Gasteiger partial charge is 0.393 e. The number of hydrogen-bond donors (Lipinski definition) is 5. The van der Waals surface area contributed by atoms with Gasteiger partial charge >= 0.3 is 0 Å². The summed E-state index contributed by atoms with van der Waals surface area (Å²) >= 11 is 0. The number of aliphatic hydroxyl groups is 5. The number of fused-ring (bicyclic) bond motifs is 2. The zero-order chi connectivity index (χ0) is 32.0. The average Bonchev–Trinajstić information content (AvgIpc) is 3.28. The summed E-state index contributed by atoms with van der Waals surface area (Å²) in [5.74, 6) is 0.625. The maximum atomic E-state index is 14.7. The predicted octanol–water partition coefficient (Wildman–Crippen LogP) is 3.11. The van der Waals surface area contributed by atoms with E-state index >= 15 is 0 Å². The first-order valence-corrected chi connectivity index (χ1v) is 17.2. The van der Waals surface area contributed by atoms with Crippen molar-refractivity contribution >= 4 is 5.78 Å². The molecule has 5 aliphatic carbocycles. The molecule has 9 heteroatoms. The topological polar surface area (TPSA) is 146 Å². The first-order valence-electron chi connectivity index (χ1n) is 17.2. The average molecular weight is 621 g/mol. The Hall–Kier alpha value is -0.650. The van der Waals surface area contributed by atoms with Crippen molar-refractivity contribution < 1.29 is 44.5 Å². The van der Waals surface area contributed by atoms with Gasteiger partial charge in [-0.25, -0.2) is 0 Å². The Bertz CT molecular complexity index is 1200. The number of carbonyl (C=O) groups is 1. The summed E-state index contributed by atoms with van der Waals surface area (Å²) in [6.07, 6.45) is 1.45. The number of hydrogen-bond acceptors (Lipinski definition) is 9. The molecule has 0 aromatic carbocycles. The highest BCUT2D eigenvalue weighted by molar-refractivity contribution is 5.89. The van der Waals surface area contributed by atoms with Gasteiger partial charge in [0.1, 0.15) is 24.1 Å². The maximum Gasteiger partial charge on any atom is 0.186 e. The number of ether oxygens (including phenoxy) is 3. The standard InChI is InChI=1S/C35H56O9/c1-29(2)20-8-9-21-31(5)14-18(36)27(32(6)12-10-24(44-32)30(3,4)41)33(31,7)22(38)15-35(21)17-34(20,35)13-11-23(29)43-28-26(40)25(39)19(37)16-42-28/h18-21,23-28,36-37,39-41H,8-17H2,1-7H3/t18-,19+,20-,21-,23-,24-,25-,26+,27+,28-,31-,32+,33+,34-,35+/m0/s1. The molecule has 0 aromatic heterocycles. The zero-order valence-electron chi connectivity index (χ0n) is 27.7. The van der Waals surface area contributed by atoms with Crippen molar-refractivity contribution in [2.24, 2.45) is 44.8 Å². The Kier molecular flexibility index (Phi) is 6.89. The van der Waals surface area contributed by atoms with Crippen LogP contribution in [0.4, 0.5) is 0 Å². The van der Waals surface area contributed by atoms with E-state index in [1.807, 2.05) is 0 Å². The zero-order valence-corrected chi connectivity index (χ0v) is 27.7. The van der Waals surface area contributed by atoms with Crippen LogP contribution in [0.1, 0.15) is 106 Å². The van der Waals surface area contributed by atoms with Crippen LogP contribution < -0.4 is 0 Å². The molecule has 2 saturated heterocycles. The van der Waals surface area contributed by atoms with Crippen LogP contribution in [-0.4, -0.2) is 92.0 Å². The van der Waals surface area contributed by atoms with E-state index < -0.39 is 47.3 Å². The lowest BCUT2D eigenvalue weighted by atomic mass is 9.41. The van der Waals surface area contributed by atoms with Crippen molar-refractivity contribution in [2.75, 3.05) is 6.61 Å². The molecule has 7 rings (SSSR count). The Morgan fingerprint density at radius 2 is 1.55 bits per heavy atom. The second kappa shape index (κ2) is 9.49. The van der Waals surface area contributed by atoms with Gasteiger partial charge in [-0.2, -0.15) is 0 Å². The molecular formula is C35H56O9. The van der Waals surface area contributed by atoms with Crippen molar-refractivity contribution in [3.63, 3.8) is 0 Å². The normalized spacial score (nSPS) is 58.1. The summed E-state index contributed by atoms with van der Waals surface area (Å²) in [5, 5.41) is 53.3. The van der Waals surface area contributed by atoms with E-state index in [1.54, 1.807) is 13.8 Å². The molecule has 44 heavy (non-hydrogen) atoms. The molecule has 5 N–H and O–H groups in total. The fourth-order valence-corrected chi connectivity index (χ4v) is 13.1. The smallest absolute Gasteiger partial charge is 0.186 e. The van der Waals surface area contributed by atoms with Gasteiger partial charge in [0, 0.05) is 17.8 Å².